The summed E-state index contributed by atoms with van der Waals surface area (Å²) in [4.78, 5) is 4.41. The van der Waals surface area contributed by atoms with Crippen molar-refractivity contribution >= 4 is 10.9 Å². The first-order chi connectivity index (χ1) is 10.4. The zero-order chi connectivity index (χ0) is 14.5. The third-order valence-electron chi connectivity index (χ3n) is 3.22. The molecule has 0 aliphatic heterocycles. The average molecular weight is 273 g/mol. The molecule has 0 saturated heterocycles. The fourth-order valence-corrected chi connectivity index (χ4v) is 2.24. The first-order valence-electron chi connectivity index (χ1n) is 6.86. The second kappa shape index (κ2) is 6.11. The van der Waals surface area contributed by atoms with Gasteiger partial charge in [-0.1, -0.05) is 54.5 Å². The van der Waals surface area contributed by atoms with Crippen molar-refractivity contribution in [3.8, 4) is 17.6 Å². The fraction of sp³-hybridized carbons (Fsp3) is 0.105. The molecule has 0 fully saturated rings. The molecule has 0 aliphatic rings. The first-order valence-corrected chi connectivity index (χ1v) is 6.86. The topological polar surface area (TPSA) is 22.1 Å². The molecule has 1 unspecified atom stereocenters. The van der Waals surface area contributed by atoms with Crippen LogP contribution in [0.1, 0.15) is 18.6 Å². The molecule has 2 heteroatoms. The van der Waals surface area contributed by atoms with Crippen LogP contribution in [0.4, 0.5) is 0 Å². The quantitative estimate of drug-likeness (QED) is 0.661. The number of nitrogens with zero attached hydrogens (tertiary/aromatic N) is 1. The van der Waals surface area contributed by atoms with E-state index in [1.807, 2.05) is 67.6 Å². The van der Waals surface area contributed by atoms with Gasteiger partial charge < -0.3 is 4.74 Å². The van der Waals surface area contributed by atoms with Crippen LogP contribution in [-0.4, -0.2) is 4.98 Å². The Balaban J connectivity index is 2.00. The van der Waals surface area contributed by atoms with Gasteiger partial charge in [0.2, 0.25) is 0 Å². The number of fused-ring (bicyclic) bond motifs is 1. The summed E-state index contributed by atoms with van der Waals surface area (Å²) in [7, 11) is 0. The van der Waals surface area contributed by atoms with Gasteiger partial charge in [0, 0.05) is 17.1 Å². The maximum atomic E-state index is 6.12. The molecule has 3 aromatic rings. The largest absolute Gasteiger partial charge is 0.471 e. The van der Waals surface area contributed by atoms with Gasteiger partial charge in [0.25, 0.3) is 0 Å². The Bertz CT molecular complexity index is 794. The Kier molecular flexibility index (Phi) is 3.84. The summed E-state index contributed by atoms with van der Waals surface area (Å²) >= 11 is 0. The minimum atomic E-state index is -0.288. The van der Waals surface area contributed by atoms with Crippen LogP contribution in [0.5, 0.6) is 5.75 Å². The minimum Gasteiger partial charge on any atom is -0.471 e. The molecule has 0 bridgehead atoms. The van der Waals surface area contributed by atoms with Gasteiger partial charge in [0.1, 0.15) is 11.3 Å². The standard InChI is InChI=1S/C19H15NO/c1-2-8-17(15-9-4-3-5-10-15)21-18-13-6-11-16-12-7-14-20-19(16)18/h3-7,9-14,17H,1H3. The van der Waals surface area contributed by atoms with E-state index in [9.17, 15) is 0 Å². The number of para-hydroxylation sites is 1. The van der Waals surface area contributed by atoms with Crippen LogP contribution < -0.4 is 4.74 Å². The molecular formula is C19H15NO. The monoisotopic (exact) mass is 273 g/mol. The summed E-state index contributed by atoms with van der Waals surface area (Å²) in [5, 5.41) is 1.06. The van der Waals surface area contributed by atoms with E-state index in [4.69, 9.17) is 4.74 Å². The van der Waals surface area contributed by atoms with Gasteiger partial charge in [0.05, 0.1) is 0 Å². The highest BCUT2D eigenvalue weighted by Gasteiger charge is 2.12. The van der Waals surface area contributed by atoms with Crippen molar-refractivity contribution in [2.24, 2.45) is 0 Å². The van der Waals surface area contributed by atoms with Gasteiger partial charge in [0.15, 0.2) is 6.10 Å². The van der Waals surface area contributed by atoms with E-state index >= 15 is 0 Å². The minimum absolute atomic E-state index is 0.288. The Morgan fingerprint density at radius 3 is 2.57 bits per heavy atom. The van der Waals surface area contributed by atoms with Crippen molar-refractivity contribution in [3.63, 3.8) is 0 Å². The third kappa shape index (κ3) is 2.88. The lowest BCUT2D eigenvalue weighted by molar-refractivity contribution is 0.267. The molecule has 0 amide bonds. The third-order valence-corrected chi connectivity index (χ3v) is 3.22. The summed E-state index contributed by atoms with van der Waals surface area (Å²) in [5.74, 6) is 6.81. The predicted octanol–water partition coefficient (Wildman–Crippen LogP) is 4.38. The van der Waals surface area contributed by atoms with Crippen LogP contribution in [0.25, 0.3) is 10.9 Å². The van der Waals surface area contributed by atoms with Crippen LogP contribution in [0, 0.1) is 11.8 Å². The highest BCUT2D eigenvalue weighted by atomic mass is 16.5. The lowest BCUT2D eigenvalue weighted by Crippen LogP contribution is -2.05. The number of aromatic nitrogens is 1. The van der Waals surface area contributed by atoms with Crippen LogP contribution >= 0.6 is 0 Å². The van der Waals surface area contributed by atoms with Crippen molar-refractivity contribution in [2.75, 3.05) is 0 Å². The Labute approximate surface area is 124 Å². The van der Waals surface area contributed by atoms with Crippen LogP contribution in [0.3, 0.4) is 0 Å². The van der Waals surface area contributed by atoms with Crippen molar-refractivity contribution in [1.29, 1.82) is 0 Å². The Morgan fingerprint density at radius 2 is 1.76 bits per heavy atom. The normalized spacial score (nSPS) is 11.5. The molecule has 3 rings (SSSR count). The maximum Gasteiger partial charge on any atom is 0.184 e. The molecule has 0 N–H and O–H groups in total. The Morgan fingerprint density at radius 1 is 0.952 bits per heavy atom. The van der Waals surface area contributed by atoms with E-state index in [-0.39, 0.29) is 6.10 Å². The molecule has 21 heavy (non-hydrogen) atoms. The molecule has 1 heterocycles. The molecule has 0 saturated carbocycles. The fourth-order valence-electron chi connectivity index (χ4n) is 2.24. The molecule has 2 aromatic carbocycles. The highest BCUT2D eigenvalue weighted by Crippen LogP contribution is 2.27. The van der Waals surface area contributed by atoms with E-state index in [0.29, 0.717) is 0 Å². The summed E-state index contributed by atoms with van der Waals surface area (Å²) in [6.07, 6.45) is 1.49. The SMILES string of the molecule is CC#CC(Oc1cccc2cccnc12)c1ccccc1. The maximum absolute atomic E-state index is 6.12. The van der Waals surface area contributed by atoms with E-state index in [2.05, 4.69) is 16.8 Å². The summed E-state index contributed by atoms with van der Waals surface area (Å²) in [6.45, 7) is 1.82. The molecule has 0 radical (unpaired) electrons. The van der Waals surface area contributed by atoms with Gasteiger partial charge in [-0.3, -0.25) is 4.98 Å². The zero-order valence-corrected chi connectivity index (χ0v) is 11.8. The van der Waals surface area contributed by atoms with Crippen LogP contribution in [-0.2, 0) is 0 Å². The van der Waals surface area contributed by atoms with Gasteiger partial charge in [-0.25, -0.2) is 0 Å². The van der Waals surface area contributed by atoms with Gasteiger partial charge in [-0.05, 0) is 19.1 Å². The number of pyridine rings is 1. The van der Waals surface area contributed by atoms with Crippen molar-refractivity contribution < 1.29 is 4.74 Å². The summed E-state index contributed by atoms with van der Waals surface area (Å²) in [5.41, 5.74) is 1.90. The average Bonchev–Trinajstić information content (AvgIpc) is 2.55. The number of hydrogen-bond acceptors (Lipinski definition) is 2. The lowest BCUT2D eigenvalue weighted by Gasteiger charge is -2.15. The molecule has 1 aromatic heterocycles. The molecular weight excluding hydrogens is 258 g/mol. The van der Waals surface area contributed by atoms with Crippen molar-refractivity contribution in [2.45, 2.75) is 13.0 Å². The van der Waals surface area contributed by atoms with Gasteiger partial charge >= 0.3 is 0 Å². The second-order valence-electron chi connectivity index (χ2n) is 4.63. The van der Waals surface area contributed by atoms with Gasteiger partial charge in [-0.15, -0.1) is 5.92 Å². The van der Waals surface area contributed by atoms with Crippen LogP contribution in [0.15, 0.2) is 66.9 Å². The molecule has 102 valence electrons. The van der Waals surface area contributed by atoms with Crippen LogP contribution in [0.2, 0.25) is 0 Å². The molecule has 2 nitrogen and oxygen atoms in total. The van der Waals surface area contributed by atoms with Gasteiger partial charge in [-0.2, -0.15) is 0 Å². The summed E-state index contributed by atoms with van der Waals surface area (Å²) in [6, 6.07) is 19.9. The number of benzene rings is 2. The zero-order valence-electron chi connectivity index (χ0n) is 11.8. The Hall–Kier alpha value is -2.79. The smallest absolute Gasteiger partial charge is 0.184 e. The van der Waals surface area contributed by atoms with Crippen molar-refractivity contribution in [3.05, 3.63) is 72.4 Å². The van der Waals surface area contributed by atoms with Crippen molar-refractivity contribution in [1.82, 2.24) is 4.98 Å². The predicted molar refractivity (Wildman–Crippen MR) is 85.0 cm³/mol. The lowest BCUT2D eigenvalue weighted by atomic mass is 10.1. The van der Waals surface area contributed by atoms with E-state index in [1.54, 1.807) is 6.20 Å². The molecule has 0 spiro atoms. The number of rotatable bonds is 3. The first kappa shape index (κ1) is 13.2. The van der Waals surface area contributed by atoms with E-state index in [1.165, 1.54) is 0 Å². The summed E-state index contributed by atoms with van der Waals surface area (Å²) < 4.78 is 6.12. The molecule has 0 aliphatic carbocycles. The number of ether oxygens (including phenoxy) is 1. The molecule has 1 atom stereocenters. The second-order valence-corrected chi connectivity index (χ2v) is 4.63. The highest BCUT2D eigenvalue weighted by molar-refractivity contribution is 5.84. The number of hydrogen-bond donors (Lipinski definition) is 0. The van der Waals surface area contributed by atoms with E-state index in [0.717, 1.165) is 22.2 Å². The van der Waals surface area contributed by atoms with E-state index < -0.39 is 0 Å².